The van der Waals surface area contributed by atoms with E-state index in [1.165, 1.54) is 17.4 Å². The molecule has 2 aromatic heterocycles. The summed E-state index contributed by atoms with van der Waals surface area (Å²) in [4.78, 5) is 33.4. The summed E-state index contributed by atoms with van der Waals surface area (Å²) in [5, 5.41) is 4.80. The summed E-state index contributed by atoms with van der Waals surface area (Å²) in [6.07, 6.45) is -1.18. The van der Waals surface area contributed by atoms with Gasteiger partial charge in [-0.3, -0.25) is 14.0 Å². The first kappa shape index (κ1) is 24.1. The van der Waals surface area contributed by atoms with Crippen LogP contribution in [0.2, 0.25) is 0 Å². The predicted octanol–water partition coefficient (Wildman–Crippen LogP) is 5.42. The fourth-order valence-electron chi connectivity index (χ4n) is 4.72. The summed E-state index contributed by atoms with van der Waals surface area (Å²) in [7, 11) is 0. The topological polar surface area (TPSA) is 66.7 Å². The van der Waals surface area contributed by atoms with E-state index >= 15 is 0 Å². The summed E-state index contributed by atoms with van der Waals surface area (Å²) in [6.45, 7) is 2.56. The Morgan fingerprint density at radius 3 is 2.78 bits per heavy atom. The van der Waals surface area contributed by atoms with Gasteiger partial charge in [0.25, 0.3) is 11.8 Å². The standard InChI is InChI=1S/C26H23F3N4O2S/c1-16-22(33-12-13-36-25(33)31-16)23(34)30-15-19-8-5-11-32(19)24(35)21-10-3-2-9-20(21)17-6-4-7-18(14-17)26(27,28)29/h2-4,6-7,9-10,12-14,19H,5,8,11,15H2,1H3,(H,30,34)/t19-/m0/s1. The Labute approximate surface area is 209 Å². The zero-order valence-electron chi connectivity index (χ0n) is 19.4. The van der Waals surface area contributed by atoms with Crippen molar-refractivity contribution in [3.05, 3.63) is 82.6 Å². The van der Waals surface area contributed by atoms with Crippen LogP contribution in [0.4, 0.5) is 13.2 Å². The van der Waals surface area contributed by atoms with Crippen LogP contribution in [-0.4, -0.2) is 45.2 Å². The molecule has 36 heavy (non-hydrogen) atoms. The van der Waals surface area contributed by atoms with E-state index in [2.05, 4.69) is 10.3 Å². The Bertz CT molecular complexity index is 1440. The van der Waals surface area contributed by atoms with Gasteiger partial charge in [-0.15, -0.1) is 11.3 Å². The van der Waals surface area contributed by atoms with Crippen molar-refractivity contribution >= 4 is 28.1 Å². The summed E-state index contributed by atoms with van der Waals surface area (Å²) in [5.74, 6) is -0.525. The van der Waals surface area contributed by atoms with Gasteiger partial charge in [-0.25, -0.2) is 4.98 Å². The van der Waals surface area contributed by atoms with Crippen LogP contribution < -0.4 is 5.32 Å². The lowest BCUT2D eigenvalue weighted by atomic mass is 9.97. The number of aromatic nitrogens is 2. The zero-order valence-corrected chi connectivity index (χ0v) is 20.2. The van der Waals surface area contributed by atoms with Gasteiger partial charge in [0.2, 0.25) is 0 Å². The number of likely N-dealkylation sites (tertiary alicyclic amines) is 1. The first-order valence-corrected chi connectivity index (χ1v) is 12.4. The molecule has 1 atom stereocenters. The monoisotopic (exact) mass is 512 g/mol. The number of nitrogens with one attached hydrogen (secondary N) is 1. The summed E-state index contributed by atoms with van der Waals surface area (Å²) in [5.41, 5.74) is 1.44. The second-order valence-electron chi connectivity index (χ2n) is 8.73. The van der Waals surface area contributed by atoms with Gasteiger partial charge >= 0.3 is 6.18 Å². The zero-order chi connectivity index (χ0) is 25.4. The lowest BCUT2D eigenvalue weighted by molar-refractivity contribution is -0.137. The normalized spacial score (nSPS) is 16.0. The minimum Gasteiger partial charge on any atom is -0.349 e. The Morgan fingerprint density at radius 2 is 1.97 bits per heavy atom. The van der Waals surface area contributed by atoms with E-state index in [1.807, 2.05) is 5.38 Å². The van der Waals surface area contributed by atoms with Gasteiger partial charge in [0.15, 0.2) is 4.96 Å². The number of benzene rings is 2. The summed E-state index contributed by atoms with van der Waals surface area (Å²) >= 11 is 1.44. The Morgan fingerprint density at radius 1 is 1.17 bits per heavy atom. The van der Waals surface area contributed by atoms with Gasteiger partial charge in [0.1, 0.15) is 5.69 Å². The van der Waals surface area contributed by atoms with Crippen LogP contribution in [0, 0.1) is 6.92 Å². The fraction of sp³-hybridized carbons (Fsp3) is 0.269. The molecule has 1 N–H and O–H groups in total. The van der Waals surface area contributed by atoms with Crippen molar-refractivity contribution in [1.82, 2.24) is 19.6 Å². The van der Waals surface area contributed by atoms with Crippen LogP contribution in [0.5, 0.6) is 0 Å². The number of fused-ring (bicyclic) bond motifs is 1. The molecule has 0 unspecified atom stereocenters. The van der Waals surface area contributed by atoms with Crippen LogP contribution in [0.25, 0.3) is 16.1 Å². The van der Waals surface area contributed by atoms with Crippen LogP contribution in [-0.2, 0) is 6.18 Å². The molecule has 0 radical (unpaired) electrons. The van der Waals surface area contributed by atoms with E-state index in [4.69, 9.17) is 0 Å². The molecule has 1 saturated heterocycles. The third kappa shape index (κ3) is 4.48. The third-order valence-corrected chi connectivity index (χ3v) is 7.20. The number of hydrogen-bond donors (Lipinski definition) is 1. The second-order valence-corrected chi connectivity index (χ2v) is 9.60. The molecule has 2 aromatic carbocycles. The number of alkyl halides is 3. The van der Waals surface area contributed by atoms with Crippen molar-refractivity contribution in [2.45, 2.75) is 32.0 Å². The Kier molecular flexibility index (Phi) is 6.29. The molecule has 6 nitrogen and oxygen atoms in total. The smallest absolute Gasteiger partial charge is 0.349 e. The molecule has 0 aliphatic carbocycles. The maximum atomic E-state index is 13.6. The van der Waals surface area contributed by atoms with Crippen LogP contribution in [0.15, 0.2) is 60.1 Å². The minimum absolute atomic E-state index is 0.220. The number of amides is 2. The Balaban J connectivity index is 1.36. The quantitative estimate of drug-likeness (QED) is 0.388. The SMILES string of the molecule is Cc1nc2sccn2c1C(=O)NC[C@@H]1CCCN1C(=O)c1ccccc1-c1cccc(C(F)(F)F)c1. The van der Waals surface area contributed by atoms with Gasteiger partial charge in [0, 0.05) is 36.3 Å². The molecule has 10 heteroatoms. The van der Waals surface area contributed by atoms with Crippen molar-refractivity contribution in [2.24, 2.45) is 0 Å². The van der Waals surface area contributed by atoms with Crippen molar-refractivity contribution in [3.63, 3.8) is 0 Å². The van der Waals surface area contributed by atoms with E-state index < -0.39 is 11.7 Å². The number of hydrogen-bond acceptors (Lipinski definition) is 4. The number of thiazole rings is 1. The molecule has 1 fully saturated rings. The number of halogens is 3. The number of imidazole rings is 1. The molecule has 4 aromatic rings. The van der Waals surface area contributed by atoms with Gasteiger partial charge in [-0.05, 0) is 49.1 Å². The highest BCUT2D eigenvalue weighted by atomic mass is 32.1. The number of nitrogens with zero attached hydrogens (tertiary/aromatic N) is 3. The Hall–Kier alpha value is -3.66. The minimum atomic E-state index is -4.48. The molecule has 1 aliphatic rings. The molecular weight excluding hydrogens is 489 g/mol. The molecule has 0 spiro atoms. The van der Waals surface area contributed by atoms with E-state index in [1.54, 1.807) is 52.8 Å². The largest absolute Gasteiger partial charge is 0.416 e. The van der Waals surface area contributed by atoms with E-state index in [0.29, 0.717) is 34.6 Å². The number of rotatable bonds is 5. The fourth-order valence-corrected chi connectivity index (χ4v) is 5.48. The maximum absolute atomic E-state index is 13.6. The van der Waals surface area contributed by atoms with Crippen LogP contribution in [0.3, 0.4) is 0 Å². The maximum Gasteiger partial charge on any atom is 0.416 e. The van der Waals surface area contributed by atoms with E-state index in [-0.39, 0.29) is 24.4 Å². The molecular formula is C26H23F3N4O2S. The molecule has 186 valence electrons. The lowest BCUT2D eigenvalue weighted by Gasteiger charge is -2.26. The number of carbonyl (C=O) groups excluding carboxylic acids is 2. The summed E-state index contributed by atoms with van der Waals surface area (Å²) in [6, 6.07) is 11.5. The van der Waals surface area contributed by atoms with Crippen molar-refractivity contribution in [1.29, 1.82) is 0 Å². The molecule has 2 amide bonds. The molecule has 0 bridgehead atoms. The summed E-state index contributed by atoms with van der Waals surface area (Å²) < 4.78 is 41.6. The number of aryl methyl sites for hydroxylation is 1. The van der Waals surface area contributed by atoms with Crippen molar-refractivity contribution < 1.29 is 22.8 Å². The molecule has 3 heterocycles. The number of carbonyl (C=O) groups is 2. The first-order valence-electron chi connectivity index (χ1n) is 11.5. The third-order valence-electron chi connectivity index (χ3n) is 6.45. The van der Waals surface area contributed by atoms with Crippen molar-refractivity contribution in [3.8, 4) is 11.1 Å². The lowest BCUT2D eigenvalue weighted by Crippen LogP contribution is -2.43. The average Bonchev–Trinajstić information content (AvgIpc) is 3.58. The highest BCUT2D eigenvalue weighted by Gasteiger charge is 2.33. The van der Waals surface area contributed by atoms with Gasteiger partial charge in [0.05, 0.1) is 11.3 Å². The molecule has 5 rings (SSSR count). The highest BCUT2D eigenvalue weighted by Crippen LogP contribution is 2.34. The van der Waals surface area contributed by atoms with Crippen LogP contribution in [0.1, 0.15) is 44.9 Å². The van der Waals surface area contributed by atoms with Gasteiger partial charge < -0.3 is 10.2 Å². The molecule has 0 saturated carbocycles. The van der Waals surface area contributed by atoms with Crippen LogP contribution >= 0.6 is 11.3 Å². The predicted molar refractivity (Wildman–Crippen MR) is 131 cm³/mol. The average molecular weight is 513 g/mol. The second kappa shape index (κ2) is 9.42. The van der Waals surface area contributed by atoms with Gasteiger partial charge in [-0.2, -0.15) is 13.2 Å². The molecule has 1 aliphatic heterocycles. The van der Waals surface area contributed by atoms with E-state index in [0.717, 1.165) is 29.9 Å². The highest BCUT2D eigenvalue weighted by molar-refractivity contribution is 7.15. The van der Waals surface area contributed by atoms with E-state index in [9.17, 15) is 22.8 Å². The first-order chi connectivity index (χ1) is 17.2. The van der Waals surface area contributed by atoms with Gasteiger partial charge in [-0.1, -0.05) is 30.3 Å². The van der Waals surface area contributed by atoms with Crippen molar-refractivity contribution in [2.75, 3.05) is 13.1 Å².